The number of sulfonamides is 1. The minimum Gasteiger partial charge on any atom is -0.357 e. The maximum atomic E-state index is 13.2. The van der Waals surface area contributed by atoms with E-state index in [9.17, 15) is 17.2 Å². The van der Waals surface area contributed by atoms with E-state index in [1.165, 1.54) is 0 Å². The molecule has 24 heavy (non-hydrogen) atoms. The Balaban J connectivity index is 1.68. The molecule has 2 aromatic rings. The van der Waals surface area contributed by atoms with Crippen LogP contribution in [0.2, 0.25) is 0 Å². The average molecular weight is 353 g/mol. The lowest BCUT2D eigenvalue weighted by Crippen LogP contribution is -2.24. The van der Waals surface area contributed by atoms with E-state index in [1.807, 2.05) is 6.07 Å². The third-order valence-electron chi connectivity index (χ3n) is 3.85. The summed E-state index contributed by atoms with van der Waals surface area (Å²) in [5.41, 5.74) is 0.665. The smallest absolute Gasteiger partial charge is 0.241 e. The van der Waals surface area contributed by atoms with Gasteiger partial charge in [-0.2, -0.15) is 0 Å². The van der Waals surface area contributed by atoms with E-state index in [0.29, 0.717) is 11.6 Å². The molecule has 0 aliphatic carbocycles. The van der Waals surface area contributed by atoms with Crippen molar-refractivity contribution in [2.24, 2.45) is 0 Å². The Morgan fingerprint density at radius 2 is 1.75 bits per heavy atom. The van der Waals surface area contributed by atoms with Crippen molar-refractivity contribution >= 4 is 15.8 Å². The molecule has 0 spiro atoms. The first-order chi connectivity index (χ1) is 11.4. The number of rotatable bonds is 5. The molecule has 1 aromatic carbocycles. The summed E-state index contributed by atoms with van der Waals surface area (Å²) in [5.74, 6) is -1.01. The number of hydrogen-bond donors (Lipinski definition) is 1. The number of halogens is 2. The van der Waals surface area contributed by atoms with E-state index in [4.69, 9.17) is 0 Å². The maximum Gasteiger partial charge on any atom is 0.241 e. The van der Waals surface area contributed by atoms with Crippen LogP contribution in [0.1, 0.15) is 18.4 Å². The highest BCUT2D eigenvalue weighted by molar-refractivity contribution is 7.89. The van der Waals surface area contributed by atoms with Crippen LogP contribution in [0.25, 0.3) is 0 Å². The summed E-state index contributed by atoms with van der Waals surface area (Å²) >= 11 is 0. The Labute approximate surface area is 139 Å². The van der Waals surface area contributed by atoms with Crippen molar-refractivity contribution in [2.75, 3.05) is 18.0 Å². The number of hydrogen-bond acceptors (Lipinski definition) is 4. The fourth-order valence-electron chi connectivity index (χ4n) is 2.60. The van der Waals surface area contributed by atoms with Gasteiger partial charge in [0.15, 0.2) is 0 Å². The van der Waals surface area contributed by atoms with Gasteiger partial charge in [0.05, 0.1) is 4.90 Å². The molecule has 1 aromatic heterocycles. The summed E-state index contributed by atoms with van der Waals surface area (Å²) in [6.07, 6.45) is 3.89. The molecule has 0 bridgehead atoms. The molecular weight excluding hydrogens is 336 g/mol. The van der Waals surface area contributed by atoms with Gasteiger partial charge in [0.2, 0.25) is 10.0 Å². The van der Waals surface area contributed by atoms with Crippen molar-refractivity contribution in [3.05, 3.63) is 53.7 Å². The molecule has 2 heterocycles. The van der Waals surface area contributed by atoms with E-state index in [1.54, 1.807) is 12.3 Å². The highest BCUT2D eigenvalue weighted by Gasteiger charge is 2.17. The van der Waals surface area contributed by atoms with Crippen molar-refractivity contribution in [1.29, 1.82) is 0 Å². The third-order valence-corrected chi connectivity index (χ3v) is 5.23. The molecule has 0 saturated carbocycles. The van der Waals surface area contributed by atoms with Crippen LogP contribution in [0, 0.1) is 11.6 Å². The Morgan fingerprint density at radius 3 is 2.33 bits per heavy atom. The molecule has 1 aliphatic heterocycles. The fourth-order valence-corrected chi connectivity index (χ4v) is 3.66. The Hall–Kier alpha value is -2.06. The molecule has 3 rings (SSSR count). The number of pyridine rings is 1. The minimum atomic E-state index is -4.00. The molecule has 128 valence electrons. The molecule has 1 N–H and O–H groups in total. The van der Waals surface area contributed by atoms with Crippen LogP contribution in [0.15, 0.2) is 41.4 Å². The van der Waals surface area contributed by atoms with Gasteiger partial charge in [-0.25, -0.2) is 26.9 Å². The van der Waals surface area contributed by atoms with Crippen LogP contribution in [-0.2, 0) is 16.6 Å². The predicted molar refractivity (Wildman–Crippen MR) is 86.1 cm³/mol. The van der Waals surface area contributed by atoms with Crippen molar-refractivity contribution < 1.29 is 17.2 Å². The summed E-state index contributed by atoms with van der Waals surface area (Å²) in [5, 5.41) is 0. The van der Waals surface area contributed by atoms with Crippen molar-refractivity contribution in [3.63, 3.8) is 0 Å². The third kappa shape index (κ3) is 3.88. The zero-order chi connectivity index (χ0) is 17.2. The topological polar surface area (TPSA) is 62.3 Å². The molecule has 0 atom stereocenters. The van der Waals surface area contributed by atoms with Crippen molar-refractivity contribution in [1.82, 2.24) is 9.71 Å². The van der Waals surface area contributed by atoms with Gasteiger partial charge in [0.25, 0.3) is 0 Å². The summed E-state index contributed by atoms with van der Waals surface area (Å²) in [6.45, 7) is 1.95. The van der Waals surface area contributed by atoms with Crippen LogP contribution < -0.4 is 9.62 Å². The first kappa shape index (κ1) is 16.8. The van der Waals surface area contributed by atoms with E-state index in [-0.39, 0.29) is 6.54 Å². The molecule has 1 fully saturated rings. The lowest BCUT2D eigenvalue weighted by atomic mass is 10.3. The first-order valence-corrected chi connectivity index (χ1v) is 9.08. The van der Waals surface area contributed by atoms with Gasteiger partial charge in [-0.3, -0.25) is 0 Å². The molecule has 5 nitrogen and oxygen atoms in total. The van der Waals surface area contributed by atoms with Gasteiger partial charge < -0.3 is 4.90 Å². The van der Waals surface area contributed by atoms with Gasteiger partial charge in [-0.05, 0) is 36.6 Å². The van der Waals surface area contributed by atoms with Crippen molar-refractivity contribution in [2.45, 2.75) is 24.3 Å². The molecule has 1 aliphatic rings. The highest BCUT2D eigenvalue weighted by Crippen LogP contribution is 2.18. The largest absolute Gasteiger partial charge is 0.357 e. The summed E-state index contributed by atoms with van der Waals surface area (Å²) in [7, 11) is -4.00. The fraction of sp³-hybridized carbons (Fsp3) is 0.312. The van der Waals surface area contributed by atoms with Crippen LogP contribution >= 0.6 is 0 Å². The molecule has 8 heteroatoms. The number of benzene rings is 1. The van der Waals surface area contributed by atoms with Crippen LogP contribution in [0.4, 0.5) is 14.6 Å². The quantitative estimate of drug-likeness (QED) is 0.897. The second-order valence-electron chi connectivity index (χ2n) is 5.65. The molecule has 0 unspecified atom stereocenters. The minimum absolute atomic E-state index is 0.00620. The van der Waals surface area contributed by atoms with E-state index in [0.717, 1.165) is 43.9 Å². The molecule has 0 radical (unpaired) electrons. The summed E-state index contributed by atoms with van der Waals surface area (Å²) in [4.78, 5) is 6.06. The van der Waals surface area contributed by atoms with E-state index in [2.05, 4.69) is 14.6 Å². The van der Waals surface area contributed by atoms with Gasteiger partial charge in [-0.1, -0.05) is 6.07 Å². The van der Waals surface area contributed by atoms with E-state index < -0.39 is 26.6 Å². The van der Waals surface area contributed by atoms with Gasteiger partial charge >= 0.3 is 0 Å². The number of aromatic nitrogens is 1. The SMILES string of the molecule is O=S(=O)(NCc1ccc(N2CCCC2)nc1)c1cc(F)cc(F)c1. The van der Waals surface area contributed by atoms with Crippen molar-refractivity contribution in [3.8, 4) is 0 Å². The number of nitrogens with one attached hydrogen (secondary N) is 1. The standard InChI is InChI=1S/C16H17F2N3O2S/c17-13-7-14(18)9-15(8-13)24(22,23)20-11-12-3-4-16(19-10-12)21-5-1-2-6-21/h3-4,7-10,20H,1-2,5-6,11H2. The molecular formula is C16H17F2N3O2S. The molecule has 0 amide bonds. The lowest BCUT2D eigenvalue weighted by Gasteiger charge is -2.16. The highest BCUT2D eigenvalue weighted by atomic mass is 32.2. The maximum absolute atomic E-state index is 13.2. The predicted octanol–water partition coefficient (Wildman–Crippen LogP) is 2.44. The van der Waals surface area contributed by atoms with E-state index >= 15 is 0 Å². The average Bonchev–Trinajstić information content (AvgIpc) is 3.07. The zero-order valence-corrected chi connectivity index (χ0v) is 13.7. The second-order valence-corrected chi connectivity index (χ2v) is 7.42. The number of nitrogens with zero attached hydrogens (tertiary/aromatic N) is 2. The second kappa shape index (κ2) is 6.82. The van der Waals surface area contributed by atoms with Crippen LogP contribution in [0.5, 0.6) is 0 Å². The first-order valence-electron chi connectivity index (χ1n) is 7.60. The lowest BCUT2D eigenvalue weighted by molar-refractivity contribution is 0.561. The Bertz CT molecular complexity index is 799. The molecule has 1 saturated heterocycles. The normalized spacial score (nSPS) is 15.0. The van der Waals surface area contributed by atoms with Crippen LogP contribution in [-0.4, -0.2) is 26.5 Å². The van der Waals surface area contributed by atoms with Gasteiger partial charge in [-0.15, -0.1) is 0 Å². The summed E-state index contributed by atoms with van der Waals surface area (Å²) in [6, 6.07) is 5.81. The van der Waals surface area contributed by atoms with Gasteiger partial charge in [0, 0.05) is 31.9 Å². The number of anilines is 1. The Morgan fingerprint density at radius 1 is 1.08 bits per heavy atom. The van der Waals surface area contributed by atoms with Gasteiger partial charge in [0.1, 0.15) is 17.5 Å². The van der Waals surface area contributed by atoms with Crippen LogP contribution in [0.3, 0.4) is 0 Å². The Kier molecular flexibility index (Phi) is 4.77. The zero-order valence-electron chi connectivity index (χ0n) is 12.9. The monoisotopic (exact) mass is 353 g/mol. The summed E-state index contributed by atoms with van der Waals surface area (Å²) < 4.78 is 52.9.